The fraction of sp³-hybridized carbons (Fsp3) is 0.600. The van der Waals surface area contributed by atoms with E-state index in [1.54, 1.807) is 0 Å². The molecule has 2 bridgehead atoms. The van der Waals surface area contributed by atoms with Crippen LogP contribution in [0.5, 0.6) is 11.5 Å². The van der Waals surface area contributed by atoms with Crippen LogP contribution in [0, 0.1) is 0 Å². The van der Waals surface area contributed by atoms with Crippen molar-refractivity contribution in [3.05, 3.63) is 48.6 Å². The Morgan fingerprint density at radius 2 is 1.92 bits per heavy atom. The summed E-state index contributed by atoms with van der Waals surface area (Å²) in [4.78, 5) is 28.1. The molecular weight excluding hydrogens is 454 g/mol. The highest BCUT2D eigenvalue weighted by Crippen LogP contribution is 2.64. The summed E-state index contributed by atoms with van der Waals surface area (Å²) in [6.07, 6.45) is 13.1. The van der Waals surface area contributed by atoms with Crippen LogP contribution in [0.3, 0.4) is 0 Å². The zero-order chi connectivity index (χ0) is 25.3. The third kappa shape index (κ3) is 3.93. The topological polar surface area (TPSA) is 76.1 Å². The number of rotatable bonds is 12. The highest BCUT2D eigenvalue weighted by molar-refractivity contribution is 5.90. The average molecular weight is 494 g/mol. The summed E-state index contributed by atoms with van der Waals surface area (Å²) in [6.45, 7) is 9.12. The number of ketones is 1. The van der Waals surface area contributed by atoms with Gasteiger partial charge in [0, 0.05) is 37.5 Å². The molecule has 1 spiro atoms. The Morgan fingerprint density at radius 1 is 1.14 bits per heavy atom. The van der Waals surface area contributed by atoms with Gasteiger partial charge in [-0.05, 0) is 50.2 Å². The molecule has 5 rings (SSSR count). The molecule has 1 saturated heterocycles. The second-order valence-electron chi connectivity index (χ2n) is 11.0. The maximum Gasteiger partial charge on any atom is 0.311 e. The summed E-state index contributed by atoms with van der Waals surface area (Å²) >= 11 is 0. The second-order valence-corrected chi connectivity index (χ2v) is 11.0. The van der Waals surface area contributed by atoms with Gasteiger partial charge in [-0.3, -0.25) is 14.5 Å². The van der Waals surface area contributed by atoms with Crippen molar-refractivity contribution >= 4 is 11.8 Å². The number of carbonyl (C=O) groups excluding carboxylic acids is 2. The maximum absolute atomic E-state index is 13.1. The number of hydrogen-bond donors (Lipinski definition) is 1. The number of allylic oxidation sites excluding steroid dienone is 1. The van der Waals surface area contributed by atoms with Gasteiger partial charge >= 0.3 is 5.97 Å². The number of esters is 1. The van der Waals surface area contributed by atoms with Crippen molar-refractivity contribution in [2.24, 2.45) is 0 Å². The molecule has 0 aromatic heterocycles. The van der Waals surface area contributed by atoms with Crippen LogP contribution in [0.2, 0.25) is 0 Å². The number of unbranched alkanes of at least 4 members (excludes halogenated alkanes) is 6. The molecule has 194 valence electrons. The van der Waals surface area contributed by atoms with Crippen molar-refractivity contribution < 1.29 is 24.2 Å². The molecule has 1 aromatic rings. The molecular formula is C30H39NO5. The first kappa shape index (κ1) is 25.2. The van der Waals surface area contributed by atoms with Gasteiger partial charge in [0.1, 0.15) is 0 Å². The zero-order valence-corrected chi connectivity index (χ0v) is 21.3. The van der Waals surface area contributed by atoms with Gasteiger partial charge in [0.2, 0.25) is 0 Å². The van der Waals surface area contributed by atoms with E-state index in [4.69, 9.17) is 9.47 Å². The molecule has 2 aliphatic heterocycles. The highest BCUT2D eigenvalue weighted by Gasteiger charge is 2.73. The molecule has 0 amide bonds. The highest BCUT2D eigenvalue weighted by atomic mass is 16.6. The number of likely N-dealkylation sites (tertiary alicyclic amines) is 1. The molecule has 6 heteroatoms. The first-order chi connectivity index (χ1) is 17.5. The van der Waals surface area contributed by atoms with Gasteiger partial charge in [0.05, 0.1) is 11.0 Å². The van der Waals surface area contributed by atoms with Crippen LogP contribution in [0.15, 0.2) is 37.4 Å². The van der Waals surface area contributed by atoms with Crippen LogP contribution in [0.1, 0.15) is 81.8 Å². The summed E-state index contributed by atoms with van der Waals surface area (Å²) in [5.41, 5.74) is 0.158. The molecule has 36 heavy (non-hydrogen) atoms. The zero-order valence-electron chi connectivity index (χ0n) is 21.3. The minimum absolute atomic E-state index is 0.0324. The smallest absolute Gasteiger partial charge is 0.311 e. The van der Waals surface area contributed by atoms with E-state index in [1.165, 1.54) is 19.3 Å². The maximum atomic E-state index is 13.1. The predicted molar refractivity (Wildman–Crippen MR) is 138 cm³/mol. The Hall–Kier alpha value is -2.44. The molecule has 6 nitrogen and oxygen atoms in total. The fourth-order valence-corrected chi connectivity index (χ4v) is 7.31. The van der Waals surface area contributed by atoms with Crippen molar-refractivity contribution in [2.45, 2.75) is 100 Å². The van der Waals surface area contributed by atoms with Crippen molar-refractivity contribution in [3.63, 3.8) is 0 Å². The molecule has 1 saturated carbocycles. The molecule has 4 unspecified atom stereocenters. The molecule has 0 radical (unpaired) electrons. The van der Waals surface area contributed by atoms with Crippen LogP contribution in [0.25, 0.3) is 0 Å². The lowest BCUT2D eigenvalue weighted by Crippen LogP contribution is -2.76. The van der Waals surface area contributed by atoms with Crippen molar-refractivity contribution in [1.82, 2.24) is 4.90 Å². The third-order valence-corrected chi connectivity index (χ3v) is 8.98. The quantitative estimate of drug-likeness (QED) is 0.195. The van der Waals surface area contributed by atoms with Crippen LogP contribution in [0.4, 0.5) is 0 Å². The molecule has 1 N–H and O–H groups in total. The van der Waals surface area contributed by atoms with Gasteiger partial charge in [-0.25, -0.2) is 0 Å². The summed E-state index contributed by atoms with van der Waals surface area (Å²) < 4.78 is 12.1. The molecule has 1 aromatic carbocycles. The SMILES string of the molecule is C=CCCCCCCCCC(=O)Oc1ccc2c3c1OC1C(=O)CCC4(O)C(C2)N(CC=C)CCC314. The molecule has 2 fully saturated rings. The predicted octanol–water partition coefficient (Wildman–Crippen LogP) is 4.81. The fourth-order valence-electron chi connectivity index (χ4n) is 7.31. The number of ether oxygens (including phenoxy) is 2. The lowest BCUT2D eigenvalue weighted by Gasteiger charge is -2.62. The average Bonchev–Trinajstić information content (AvgIpc) is 3.22. The number of benzene rings is 1. The molecule has 4 atom stereocenters. The number of piperidine rings is 1. The van der Waals surface area contributed by atoms with Crippen molar-refractivity contribution in [3.8, 4) is 11.5 Å². The van der Waals surface area contributed by atoms with Crippen molar-refractivity contribution in [2.75, 3.05) is 13.1 Å². The van der Waals surface area contributed by atoms with Crippen LogP contribution < -0.4 is 9.47 Å². The molecule has 4 aliphatic rings. The van der Waals surface area contributed by atoms with Crippen LogP contribution in [-0.2, 0) is 21.4 Å². The van der Waals surface area contributed by atoms with Gasteiger partial charge in [-0.1, -0.05) is 43.9 Å². The van der Waals surface area contributed by atoms with Crippen LogP contribution >= 0.6 is 0 Å². The normalized spacial score (nSPS) is 29.9. The number of nitrogens with zero attached hydrogens (tertiary/aromatic N) is 1. The van der Waals surface area contributed by atoms with E-state index in [9.17, 15) is 14.7 Å². The van der Waals surface area contributed by atoms with E-state index in [1.807, 2.05) is 24.3 Å². The van der Waals surface area contributed by atoms with E-state index in [-0.39, 0.29) is 17.8 Å². The summed E-state index contributed by atoms with van der Waals surface area (Å²) in [6, 6.07) is 3.72. The first-order valence-electron chi connectivity index (χ1n) is 13.7. The number of carbonyl (C=O) groups is 2. The number of hydrogen-bond acceptors (Lipinski definition) is 6. The largest absolute Gasteiger partial charge is 0.477 e. The Kier molecular flexibility index (Phi) is 7.10. The summed E-state index contributed by atoms with van der Waals surface area (Å²) in [7, 11) is 0. The molecule has 2 aliphatic carbocycles. The monoisotopic (exact) mass is 493 g/mol. The summed E-state index contributed by atoms with van der Waals surface area (Å²) in [5.74, 6) is 0.640. The Balaban J connectivity index is 1.33. The van der Waals surface area contributed by atoms with Gasteiger partial charge in [-0.2, -0.15) is 0 Å². The van der Waals surface area contributed by atoms with Gasteiger partial charge in [-0.15, -0.1) is 13.2 Å². The van der Waals surface area contributed by atoms with E-state index in [0.29, 0.717) is 50.1 Å². The van der Waals surface area contributed by atoms with Gasteiger partial charge in [0.15, 0.2) is 23.4 Å². The number of Topliss-reactive ketones (excluding diaryl/α,β-unsaturated/α-hetero) is 1. The number of aliphatic hydroxyl groups is 1. The van der Waals surface area contributed by atoms with Gasteiger partial charge in [0.25, 0.3) is 0 Å². The van der Waals surface area contributed by atoms with E-state index < -0.39 is 17.1 Å². The minimum atomic E-state index is -1.06. The van der Waals surface area contributed by atoms with E-state index >= 15 is 0 Å². The van der Waals surface area contributed by atoms with Crippen LogP contribution in [-0.4, -0.2) is 52.6 Å². The second kappa shape index (κ2) is 10.1. The summed E-state index contributed by atoms with van der Waals surface area (Å²) in [5, 5.41) is 12.2. The molecule has 2 heterocycles. The van der Waals surface area contributed by atoms with Crippen molar-refractivity contribution in [1.29, 1.82) is 0 Å². The third-order valence-electron chi connectivity index (χ3n) is 8.98. The first-order valence-corrected chi connectivity index (χ1v) is 13.7. The van der Waals surface area contributed by atoms with E-state index in [2.05, 4.69) is 18.1 Å². The Bertz CT molecular complexity index is 1050. The Labute approximate surface area is 214 Å². The standard InChI is InChI=1S/C30H39NO5/c1-3-5-6-7-8-9-10-11-12-25(33)35-23-14-13-21-20-24-30(34)16-15-22(32)28-29(30,26(21)27(23)36-28)17-19-31(24)18-4-2/h3-4,13-14,24,28,34H,1-2,5-12,15-20H2. The minimum Gasteiger partial charge on any atom is -0.477 e. The lowest BCUT2D eigenvalue weighted by atomic mass is 9.49. The van der Waals surface area contributed by atoms with Gasteiger partial charge < -0.3 is 14.6 Å². The van der Waals surface area contributed by atoms with E-state index in [0.717, 1.165) is 43.4 Å². The lowest BCUT2D eigenvalue weighted by molar-refractivity contribution is -0.187. The Morgan fingerprint density at radius 3 is 2.69 bits per heavy atom.